The van der Waals surface area contributed by atoms with Gasteiger partial charge in [-0.25, -0.2) is 4.79 Å². The van der Waals surface area contributed by atoms with Crippen LogP contribution in [-0.2, 0) is 19.1 Å². The number of carbonyl (C=O) groups excluding carboxylic acids is 1. The summed E-state index contributed by atoms with van der Waals surface area (Å²) >= 11 is 6.21. The van der Waals surface area contributed by atoms with Crippen LogP contribution in [0.4, 0.5) is 13.2 Å². The second kappa shape index (κ2) is 11.0. The number of nitrogens with one attached hydrogen (secondary N) is 1. The zero-order valence-electron chi connectivity index (χ0n) is 20.0. The molecule has 0 saturated carbocycles. The SMILES string of the molecule is Cc1ccc(-n2nc(C(=O)NCCc3ccccn3)c(=O)n(Cc3ccc(C(F)(F)F)cc3)c2=O)cc1Cl. The first-order valence-electron chi connectivity index (χ1n) is 11.4. The predicted molar refractivity (Wildman–Crippen MR) is 135 cm³/mol. The van der Waals surface area contributed by atoms with E-state index in [2.05, 4.69) is 15.4 Å². The number of aromatic nitrogens is 4. The highest BCUT2D eigenvalue weighted by molar-refractivity contribution is 6.31. The van der Waals surface area contributed by atoms with Gasteiger partial charge in [0.05, 0.1) is 17.8 Å². The third-order valence-corrected chi connectivity index (χ3v) is 6.10. The number of halogens is 4. The molecule has 0 aliphatic carbocycles. The van der Waals surface area contributed by atoms with E-state index in [9.17, 15) is 27.6 Å². The third-order valence-electron chi connectivity index (χ3n) is 5.69. The van der Waals surface area contributed by atoms with Gasteiger partial charge in [-0.05, 0) is 54.4 Å². The van der Waals surface area contributed by atoms with Crippen LogP contribution >= 0.6 is 11.6 Å². The molecule has 1 amide bonds. The maximum atomic E-state index is 13.3. The lowest BCUT2D eigenvalue weighted by atomic mass is 10.1. The van der Waals surface area contributed by atoms with Gasteiger partial charge in [0.1, 0.15) is 0 Å². The van der Waals surface area contributed by atoms with E-state index < -0.39 is 34.6 Å². The molecule has 0 fully saturated rings. The standard InChI is InChI=1S/C26H21ClF3N5O3/c1-16-5-10-20(14-21(16)27)35-25(38)34(15-17-6-8-18(9-7-17)26(28,29)30)24(37)22(33-35)23(36)32-13-11-19-4-2-3-12-31-19/h2-10,12,14H,11,13,15H2,1H3,(H,32,36). The van der Waals surface area contributed by atoms with Crippen molar-refractivity contribution < 1.29 is 18.0 Å². The highest BCUT2D eigenvalue weighted by atomic mass is 35.5. The van der Waals surface area contributed by atoms with Crippen LogP contribution in [0.1, 0.15) is 32.9 Å². The van der Waals surface area contributed by atoms with Gasteiger partial charge in [-0.15, -0.1) is 0 Å². The Hall–Kier alpha value is -4.25. The van der Waals surface area contributed by atoms with E-state index in [1.165, 1.54) is 6.07 Å². The number of pyridine rings is 1. The number of rotatable bonds is 7. The highest BCUT2D eigenvalue weighted by Crippen LogP contribution is 2.29. The minimum absolute atomic E-state index is 0.144. The predicted octanol–water partition coefficient (Wildman–Crippen LogP) is 3.79. The number of alkyl halides is 3. The zero-order valence-corrected chi connectivity index (χ0v) is 20.8. The average Bonchev–Trinajstić information content (AvgIpc) is 2.89. The highest BCUT2D eigenvalue weighted by Gasteiger charge is 2.30. The number of hydrogen-bond acceptors (Lipinski definition) is 5. The molecule has 0 aliphatic heterocycles. The molecule has 8 nitrogen and oxygen atoms in total. The Balaban J connectivity index is 1.72. The van der Waals surface area contributed by atoms with Gasteiger partial charge in [0.25, 0.3) is 11.5 Å². The fourth-order valence-corrected chi connectivity index (χ4v) is 3.77. The number of hydrogen-bond donors (Lipinski definition) is 1. The van der Waals surface area contributed by atoms with Gasteiger partial charge >= 0.3 is 11.9 Å². The first kappa shape index (κ1) is 26.8. The molecule has 0 bridgehead atoms. The van der Waals surface area contributed by atoms with Crippen molar-refractivity contribution in [3.63, 3.8) is 0 Å². The molecule has 4 aromatic rings. The van der Waals surface area contributed by atoms with Crippen LogP contribution < -0.4 is 16.6 Å². The molecule has 196 valence electrons. The summed E-state index contributed by atoms with van der Waals surface area (Å²) in [5, 5.41) is 6.96. The Morgan fingerprint density at radius 3 is 2.42 bits per heavy atom. The van der Waals surface area contributed by atoms with Crippen LogP contribution in [0.2, 0.25) is 5.02 Å². The minimum Gasteiger partial charge on any atom is -0.350 e. The molecule has 0 aliphatic rings. The summed E-state index contributed by atoms with van der Waals surface area (Å²) in [6.45, 7) is 1.52. The molecule has 12 heteroatoms. The summed E-state index contributed by atoms with van der Waals surface area (Å²) in [6, 6.07) is 14.0. The van der Waals surface area contributed by atoms with Gasteiger partial charge in [-0.2, -0.15) is 23.0 Å². The van der Waals surface area contributed by atoms with Gasteiger partial charge < -0.3 is 5.32 Å². The van der Waals surface area contributed by atoms with Gasteiger partial charge in [-0.3, -0.25) is 19.1 Å². The van der Waals surface area contributed by atoms with E-state index in [1.807, 2.05) is 0 Å². The minimum atomic E-state index is -4.54. The van der Waals surface area contributed by atoms with Crippen LogP contribution in [0.25, 0.3) is 5.69 Å². The van der Waals surface area contributed by atoms with Crippen molar-refractivity contribution in [2.45, 2.75) is 26.1 Å². The molecule has 4 rings (SSSR count). The van der Waals surface area contributed by atoms with E-state index in [1.54, 1.807) is 43.5 Å². The molecule has 38 heavy (non-hydrogen) atoms. The molecule has 1 N–H and O–H groups in total. The van der Waals surface area contributed by atoms with E-state index in [0.717, 1.165) is 44.8 Å². The number of carbonyl (C=O) groups is 1. The van der Waals surface area contributed by atoms with Gasteiger partial charge in [0.15, 0.2) is 0 Å². The van der Waals surface area contributed by atoms with E-state index in [0.29, 0.717) is 11.4 Å². The van der Waals surface area contributed by atoms with Crippen molar-refractivity contribution in [1.29, 1.82) is 0 Å². The van der Waals surface area contributed by atoms with Crippen LogP contribution in [0.5, 0.6) is 0 Å². The first-order valence-corrected chi connectivity index (χ1v) is 11.8. The average molecular weight is 544 g/mol. The lowest BCUT2D eigenvalue weighted by Crippen LogP contribution is -2.46. The summed E-state index contributed by atoms with van der Waals surface area (Å²) in [6.07, 6.45) is -2.54. The fraction of sp³-hybridized carbons (Fsp3) is 0.192. The van der Waals surface area contributed by atoms with E-state index in [-0.39, 0.29) is 24.3 Å². The molecule has 0 saturated heterocycles. The zero-order chi connectivity index (χ0) is 27.4. The second-order valence-corrected chi connectivity index (χ2v) is 8.80. The summed E-state index contributed by atoms with van der Waals surface area (Å²) in [7, 11) is 0. The molecule has 2 heterocycles. The van der Waals surface area contributed by atoms with Crippen LogP contribution in [0.15, 0.2) is 76.4 Å². The Morgan fingerprint density at radius 2 is 1.79 bits per heavy atom. The van der Waals surface area contributed by atoms with Crippen LogP contribution in [0.3, 0.4) is 0 Å². The molecule has 0 spiro atoms. The first-order chi connectivity index (χ1) is 18.0. The van der Waals surface area contributed by atoms with E-state index >= 15 is 0 Å². The molecular formula is C26H21ClF3N5O3. The van der Waals surface area contributed by atoms with Crippen LogP contribution in [0, 0.1) is 6.92 Å². The van der Waals surface area contributed by atoms with Gasteiger partial charge in [0, 0.05) is 29.9 Å². The van der Waals surface area contributed by atoms with Gasteiger partial charge in [0.2, 0.25) is 5.69 Å². The van der Waals surface area contributed by atoms with Crippen molar-refractivity contribution in [1.82, 2.24) is 24.6 Å². The summed E-state index contributed by atoms with van der Waals surface area (Å²) in [4.78, 5) is 43.6. The number of aryl methyl sites for hydroxylation is 1. The molecule has 0 unspecified atom stereocenters. The third kappa shape index (κ3) is 6.00. The largest absolute Gasteiger partial charge is 0.416 e. The monoisotopic (exact) mass is 543 g/mol. The number of amides is 1. The second-order valence-electron chi connectivity index (χ2n) is 8.39. The molecular weight excluding hydrogens is 523 g/mol. The lowest BCUT2D eigenvalue weighted by molar-refractivity contribution is -0.137. The van der Waals surface area contributed by atoms with Crippen LogP contribution in [-0.4, -0.2) is 31.8 Å². The Bertz CT molecular complexity index is 1580. The summed E-state index contributed by atoms with van der Waals surface area (Å²) in [5.41, 5.74) is -1.40. The number of nitrogens with zero attached hydrogens (tertiary/aromatic N) is 4. The van der Waals surface area contributed by atoms with Crippen molar-refractivity contribution in [3.05, 3.63) is 121 Å². The molecule has 2 aromatic carbocycles. The van der Waals surface area contributed by atoms with Crippen molar-refractivity contribution >= 4 is 17.5 Å². The smallest absolute Gasteiger partial charge is 0.350 e. The quantitative estimate of drug-likeness (QED) is 0.382. The Labute approximate surface area is 219 Å². The summed E-state index contributed by atoms with van der Waals surface area (Å²) in [5.74, 6) is -0.820. The van der Waals surface area contributed by atoms with Crippen molar-refractivity contribution in [3.8, 4) is 5.69 Å². The maximum Gasteiger partial charge on any atom is 0.416 e. The normalized spacial score (nSPS) is 11.4. The number of benzene rings is 2. The van der Waals surface area contributed by atoms with E-state index in [4.69, 9.17) is 11.6 Å². The molecule has 0 radical (unpaired) electrons. The Morgan fingerprint density at radius 1 is 1.05 bits per heavy atom. The summed E-state index contributed by atoms with van der Waals surface area (Å²) < 4.78 is 40.5. The fourth-order valence-electron chi connectivity index (χ4n) is 3.59. The van der Waals surface area contributed by atoms with Crippen molar-refractivity contribution in [2.24, 2.45) is 0 Å². The Kier molecular flexibility index (Phi) is 7.77. The van der Waals surface area contributed by atoms with Gasteiger partial charge in [-0.1, -0.05) is 35.9 Å². The lowest BCUT2D eigenvalue weighted by Gasteiger charge is -2.13. The molecule has 2 aromatic heterocycles. The molecule has 0 atom stereocenters. The topological polar surface area (TPSA) is 98.9 Å². The van der Waals surface area contributed by atoms with Crippen molar-refractivity contribution in [2.75, 3.05) is 6.54 Å². The maximum absolute atomic E-state index is 13.3.